The number of allylic oxidation sites excluding steroid dienone is 8. The van der Waals surface area contributed by atoms with Crippen LogP contribution >= 0.6 is 24.1 Å². The van der Waals surface area contributed by atoms with Crippen LogP contribution in [0.5, 0.6) is 0 Å². The Balaban J connectivity index is 0.00000533. The van der Waals surface area contributed by atoms with Crippen molar-refractivity contribution in [1.29, 1.82) is 0 Å². The maximum atomic E-state index is 12.7. The first-order valence-electron chi connectivity index (χ1n) is 20.0. The van der Waals surface area contributed by atoms with Gasteiger partial charge < -0.3 is 33.6 Å². The summed E-state index contributed by atoms with van der Waals surface area (Å²) >= 11 is 0.796. The number of hydrogen-bond acceptors (Lipinski definition) is 21. The van der Waals surface area contributed by atoms with Crippen molar-refractivity contribution in [3.63, 3.8) is 0 Å². The number of fused-ring (bicyclic) bond motifs is 6. The number of rotatable bonds is 20. The van der Waals surface area contributed by atoms with Gasteiger partial charge in [0.05, 0.1) is 59.5 Å². The van der Waals surface area contributed by atoms with E-state index in [4.69, 9.17) is 0 Å². The van der Waals surface area contributed by atoms with E-state index in [0.29, 0.717) is 79.7 Å². The fourth-order valence-electron chi connectivity index (χ4n) is 8.76. The second-order valence-corrected chi connectivity index (χ2v) is 23.9. The van der Waals surface area contributed by atoms with E-state index in [1.54, 1.807) is 86.1 Å². The number of benzene rings is 4. The number of anilines is 1. The molecule has 368 valence electrons. The smallest absolute Gasteiger partial charge is 0.748 e. The summed E-state index contributed by atoms with van der Waals surface area (Å²) in [5.41, 5.74) is 1.97. The Bertz CT molecular complexity index is 3320. The molecule has 0 N–H and O–H groups in total. The first-order valence-corrected chi connectivity index (χ1v) is 27.5. The average Bonchev–Trinajstić information content (AvgIpc) is 3.57. The van der Waals surface area contributed by atoms with Gasteiger partial charge in [0, 0.05) is 79.5 Å². The SMILES string of the molecule is CC(C=C/C=C1/N(CCCS(=O)(=O)[O-])c2ccc3cc(S(=O)(=O)[O-])cc(SOO[O-])c3c2C1(C)C)=CC=CC1=[N+](CCCS(=O)(=O)[O-])c2ccc3cc(SOO[O-])cc(S(=O)(=O)[O-])c3c2C1(C)C.[K+].[K+].[K+].[K+].[K+]. The van der Waals surface area contributed by atoms with Crippen LogP contribution in [0.2, 0.25) is 0 Å². The molecule has 0 amide bonds. The van der Waals surface area contributed by atoms with Gasteiger partial charge in [0.1, 0.15) is 26.8 Å². The Morgan fingerprint density at radius 1 is 0.699 bits per heavy atom. The Morgan fingerprint density at radius 2 is 1.29 bits per heavy atom. The largest absolute Gasteiger partial charge is 1.00 e. The topological polar surface area (TPSA) is 318 Å². The van der Waals surface area contributed by atoms with E-state index in [1.165, 1.54) is 12.1 Å². The minimum Gasteiger partial charge on any atom is -0.748 e. The third-order valence-electron chi connectivity index (χ3n) is 11.4. The molecule has 31 heteroatoms. The summed E-state index contributed by atoms with van der Waals surface area (Å²) in [6.07, 6.45) is 10.3. The van der Waals surface area contributed by atoms with Crippen LogP contribution in [0.4, 0.5) is 11.4 Å². The van der Waals surface area contributed by atoms with E-state index in [-0.39, 0.29) is 298 Å². The molecular formula is C42H41K5N2O18S6. The fourth-order valence-corrected chi connectivity index (χ4v) is 12.2. The fraction of sp³-hybridized carbons (Fsp3) is 0.310. The molecule has 0 saturated heterocycles. The van der Waals surface area contributed by atoms with Crippen LogP contribution in [0.15, 0.2) is 116 Å². The van der Waals surface area contributed by atoms with Crippen molar-refractivity contribution < 1.29 is 343 Å². The Labute approximate surface area is 646 Å². The van der Waals surface area contributed by atoms with Crippen molar-refractivity contribution in [2.45, 2.75) is 77.9 Å². The molecule has 20 nitrogen and oxygen atoms in total. The molecule has 0 aliphatic carbocycles. The molecule has 2 aliphatic rings. The third kappa shape index (κ3) is 19.1. The minimum absolute atomic E-state index is 0. The summed E-state index contributed by atoms with van der Waals surface area (Å²) < 4.78 is 155. The summed E-state index contributed by atoms with van der Waals surface area (Å²) in [5.74, 6) is -1.35. The third-order valence-corrected chi connectivity index (χ3v) is 15.8. The van der Waals surface area contributed by atoms with Gasteiger partial charge in [-0.3, -0.25) is 10.1 Å². The normalized spacial score (nSPS) is 16.0. The van der Waals surface area contributed by atoms with Gasteiger partial charge in [-0.15, -0.1) is 0 Å². The van der Waals surface area contributed by atoms with Crippen molar-refractivity contribution in [1.82, 2.24) is 0 Å². The molecule has 73 heavy (non-hydrogen) atoms. The minimum atomic E-state index is -5.14. The second-order valence-electron chi connectivity index (χ2n) is 16.7. The molecule has 0 saturated carbocycles. The van der Waals surface area contributed by atoms with E-state index in [1.807, 2.05) is 18.7 Å². The molecule has 0 bridgehead atoms. The molecule has 0 spiro atoms. The molecule has 2 heterocycles. The number of hydrogen-bond donors (Lipinski definition) is 0. The van der Waals surface area contributed by atoms with Gasteiger partial charge in [-0.25, -0.2) is 33.7 Å². The monoisotopic (exact) mass is 1250 g/mol. The van der Waals surface area contributed by atoms with E-state index in [9.17, 15) is 62.4 Å². The van der Waals surface area contributed by atoms with Gasteiger partial charge in [0.15, 0.2) is 5.71 Å². The second kappa shape index (κ2) is 31.3. The number of nitrogens with zero attached hydrogens (tertiary/aromatic N) is 2. The molecular weight excluding hydrogens is 1210 g/mol. The van der Waals surface area contributed by atoms with Crippen LogP contribution in [0.25, 0.3) is 21.5 Å². The summed E-state index contributed by atoms with van der Waals surface area (Å²) in [7, 11) is -19.3. The van der Waals surface area contributed by atoms with E-state index in [0.717, 1.165) is 12.1 Å². The van der Waals surface area contributed by atoms with Crippen molar-refractivity contribution in [3.8, 4) is 0 Å². The molecule has 0 fully saturated rings. The Morgan fingerprint density at radius 3 is 1.88 bits per heavy atom. The summed E-state index contributed by atoms with van der Waals surface area (Å²) in [5, 5.41) is 29.4. The van der Waals surface area contributed by atoms with Crippen LogP contribution < -0.4 is 272 Å². The van der Waals surface area contributed by atoms with Crippen molar-refractivity contribution in [2.75, 3.05) is 29.5 Å². The van der Waals surface area contributed by atoms with Crippen LogP contribution in [0.1, 0.15) is 58.6 Å². The quantitative estimate of drug-likeness (QED) is 0.0151. The first kappa shape index (κ1) is 75.1. The van der Waals surface area contributed by atoms with Gasteiger partial charge >= 0.3 is 257 Å². The molecule has 2 aliphatic heterocycles. The predicted molar refractivity (Wildman–Crippen MR) is 242 cm³/mol. The maximum Gasteiger partial charge on any atom is 1.00 e. The van der Waals surface area contributed by atoms with Crippen LogP contribution in [0, 0.1) is 0 Å². The van der Waals surface area contributed by atoms with Crippen LogP contribution in [-0.2, 0) is 70.0 Å². The van der Waals surface area contributed by atoms with Gasteiger partial charge in [-0.1, -0.05) is 49.8 Å². The van der Waals surface area contributed by atoms with Gasteiger partial charge in [-0.05, 0) is 86.0 Å². The van der Waals surface area contributed by atoms with E-state index < -0.39 is 72.6 Å². The zero-order chi connectivity index (χ0) is 50.2. The van der Waals surface area contributed by atoms with Crippen molar-refractivity contribution in [3.05, 3.63) is 107 Å². The van der Waals surface area contributed by atoms with E-state index in [2.05, 4.69) is 18.7 Å². The van der Waals surface area contributed by atoms with Crippen molar-refractivity contribution >= 4 is 103 Å². The van der Waals surface area contributed by atoms with Gasteiger partial charge in [-0.2, -0.15) is 13.2 Å². The zero-order valence-corrected chi connectivity index (χ0v) is 62.0. The van der Waals surface area contributed by atoms with Gasteiger partial charge in [0.2, 0.25) is 5.69 Å². The first-order chi connectivity index (χ1) is 31.6. The summed E-state index contributed by atoms with van der Waals surface area (Å²) in [6.45, 7) is 9.14. The predicted octanol–water partition coefficient (Wildman–Crippen LogP) is -10.7. The van der Waals surface area contributed by atoms with Crippen molar-refractivity contribution in [2.24, 2.45) is 0 Å². The molecule has 4 aromatic carbocycles. The molecule has 6 rings (SSSR count). The molecule has 0 unspecified atom stereocenters. The Kier molecular flexibility index (Phi) is 32.2. The molecule has 0 atom stereocenters. The molecule has 4 aromatic rings. The zero-order valence-electron chi connectivity index (χ0n) is 41.5. The van der Waals surface area contributed by atoms with E-state index >= 15 is 0 Å². The summed E-state index contributed by atoms with van der Waals surface area (Å²) in [4.78, 5) is 0.783. The average molecular weight is 1250 g/mol. The Hall–Kier alpha value is 4.11. The maximum absolute atomic E-state index is 12.7. The standard InChI is InChI=1S/C42H46N2O18S6.5K/c1-26(10-6-12-35-41(2,3)39-31(43(35)18-8-20-65(47,48)49)17-15-28-23-30(67(53,54)55)25-33(37(28)39)64-62-60-46)11-7-13-36-42(4,5)40-32(44(36)19-9-21-66(50,51)52)16-14-27-22-29(63-61-59-45)24-34(38(27)40)68(56,57)58;;;;;/h6-7,10-17,22-25H,8-9,18-21H2,1-5H3,(H5-,45,46,47,48,49,50,51,52,53,54,55,56,57,58);;;;;/q;5*+1/p-5. The van der Waals surface area contributed by atoms with Crippen LogP contribution in [0.3, 0.4) is 0 Å². The van der Waals surface area contributed by atoms with Gasteiger partial charge in [0.25, 0.3) is 0 Å². The van der Waals surface area contributed by atoms with Crippen LogP contribution in [-0.4, -0.2) is 86.8 Å². The molecule has 0 aromatic heterocycles. The summed E-state index contributed by atoms with van der Waals surface area (Å²) in [6, 6.07) is 11.2. The molecule has 0 radical (unpaired) electrons.